The molecule has 0 unspecified atom stereocenters. The molecule has 1 atom stereocenters. The minimum atomic E-state index is -4.54. The molecule has 0 radical (unpaired) electrons. The highest BCUT2D eigenvalue weighted by molar-refractivity contribution is 7.80. The smallest absolute Gasteiger partial charge is 0.376 e. The Bertz CT molecular complexity index is 573. The van der Waals surface area contributed by atoms with E-state index >= 15 is 0 Å². The number of thiocarbonyl (C=S) groups is 1. The number of hydrogen-bond acceptors (Lipinski definition) is 3. The third-order valence-corrected chi connectivity index (χ3v) is 4.49. The molecule has 1 saturated heterocycles. The van der Waals surface area contributed by atoms with E-state index in [1.54, 1.807) is 0 Å². The summed E-state index contributed by atoms with van der Waals surface area (Å²) in [5.74, 6) is 0. The third kappa shape index (κ3) is 5.22. The van der Waals surface area contributed by atoms with Gasteiger partial charge in [-0.05, 0) is 38.4 Å². The van der Waals surface area contributed by atoms with Crippen LogP contribution >= 0.6 is 23.8 Å². The maximum atomic E-state index is 12.7. The quantitative estimate of drug-likeness (QED) is 0.583. The van der Waals surface area contributed by atoms with Crippen LogP contribution in [0.3, 0.4) is 0 Å². The molecule has 1 aliphatic heterocycles. The van der Waals surface area contributed by atoms with E-state index in [4.69, 9.17) is 28.6 Å². The molecule has 0 bridgehead atoms. The number of hydrogen-bond donors (Lipinski definition) is 2. The summed E-state index contributed by atoms with van der Waals surface area (Å²) in [5.41, 5.74) is -0.730. The SMILES string of the molecule is Cc1c(Cl)c(C(F)(F)F)nn1CCCNC(=S)NC[C@@H]1CCCO1. The van der Waals surface area contributed by atoms with E-state index in [0.717, 1.165) is 19.4 Å². The molecule has 2 heterocycles. The molecule has 0 aromatic carbocycles. The van der Waals surface area contributed by atoms with E-state index < -0.39 is 11.9 Å². The number of aromatic nitrogens is 2. The number of alkyl halides is 3. The molecule has 0 saturated carbocycles. The van der Waals surface area contributed by atoms with Gasteiger partial charge in [0.1, 0.15) is 0 Å². The molecule has 1 aromatic rings. The Hall–Kier alpha value is -1.06. The zero-order valence-electron chi connectivity index (χ0n) is 13.2. The van der Waals surface area contributed by atoms with Crippen LogP contribution in [-0.2, 0) is 17.5 Å². The molecule has 1 aliphatic rings. The average molecular weight is 385 g/mol. The van der Waals surface area contributed by atoms with Crippen molar-refractivity contribution in [1.82, 2.24) is 20.4 Å². The number of rotatable bonds is 6. The lowest BCUT2D eigenvalue weighted by molar-refractivity contribution is -0.141. The molecule has 0 aliphatic carbocycles. The van der Waals surface area contributed by atoms with Crippen molar-refractivity contribution in [2.45, 2.75) is 45.0 Å². The summed E-state index contributed by atoms with van der Waals surface area (Å²) in [6, 6.07) is 0. The average Bonchev–Trinajstić information content (AvgIpc) is 3.12. The number of nitrogens with zero attached hydrogens (tertiary/aromatic N) is 2. The van der Waals surface area contributed by atoms with Gasteiger partial charge < -0.3 is 15.4 Å². The number of nitrogens with one attached hydrogen (secondary N) is 2. The van der Waals surface area contributed by atoms with Crippen molar-refractivity contribution in [1.29, 1.82) is 0 Å². The lowest BCUT2D eigenvalue weighted by Gasteiger charge is -2.14. The molecule has 2 N–H and O–H groups in total. The lowest BCUT2D eigenvalue weighted by atomic mass is 10.2. The first-order chi connectivity index (χ1) is 11.3. The van der Waals surface area contributed by atoms with Crippen LogP contribution in [0.2, 0.25) is 5.02 Å². The Balaban J connectivity index is 1.71. The van der Waals surface area contributed by atoms with E-state index in [2.05, 4.69) is 15.7 Å². The number of halogens is 4. The zero-order valence-corrected chi connectivity index (χ0v) is 14.8. The molecule has 10 heteroatoms. The van der Waals surface area contributed by atoms with Crippen LogP contribution in [0.5, 0.6) is 0 Å². The first-order valence-corrected chi connectivity index (χ1v) is 8.51. The maximum Gasteiger partial charge on any atom is 0.436 e. The minimum absolute atomic E-state index is 0.194. The third-order valence-electron chi connectivity index (χ3n) is 3.75. The minimum Gasteiger partial charge on any atom is -0.376 e. The highest BCUT2D eigenvalue weighted by Crippen LogP contribution is 2.35. The zero-order chi connectivity index (χ0) is 17.7. The Morgan fingerprint density at radius 1 is 1.46 bits per heavy atom. The number of aryl methyl sites for hydroxylation is 1. The number of ether oxygens (including phenoxy) is 1. The fourth-order valence-corrected chi connectivity index (χ4v) is 2.86. The van der Waals surface area contributed by atoms with Gasteiger partial charge in [0.05, 0.1) is 16.8 Å². The van der Waals surface area contributed by atoms with Crippen LogP contribution in [0.4, 0.5) is 13.2 Å². The van der Waals surface area contributed by atoms with Crippen molar-refractivity contribution in [3.05, 3.63) is 16.4 Å². The van der Waals surface area contributed by atoms with Gasteiger partial charge in [0.25, 0.3) is 0 Å². The van der Waals surface area contributed by atoms with Crippen LogP contribution in [0.15, 0.2) is 0 Å². The molecule has 1 aromatic heterocycles. The second kappa shape index (κ2) is 8.35. The largest absolute Gasteiger partial charge is 0.436 e. The first-order valence-electron chi connectivity index (χ1n) is 7.72. The van der Waals surface area contributed by atoms with E-state index in [1.807, 2.05) is 0 Å². The van der Waals surface area contributed by atoms with E-state index in [1.165, 1.54) is 11.6 Å². The molecule has 1 fully saturated rings. The van der Waals surface area contributed by atoms with Gasteiger partial charge in [0.15, 0.2) is 10.8 Å². The summed E-state index contributed by atoms with van der Waals surface area (Å²) in [6.45, 7) is 3.82. The van der Waals surface area contributed by atoms with E-state index in [0.29, 0.717) is 36.9 Å². The predicted octanol–water partition coefficient (Wildman–Crippen LogP) is 2.90. The Kier molecular flexibility index (Phi) is 6.70. The van der Waals surface area contributed by atoms with Crippen LogP contribution in [0.25, 0.3) is 0 Å². The van der Waals surface area contributed by atoms with Crippen molar-refractivity contribution in [2.75, 3.05) is 19.7 Å². The van der Waals surface area contributed by atoms with Gasteiger partial charge in [-0.15, -0.1) is 0 Å². The fourth-order valence-electron chi connectivity index (χ4n) is 2.43. The summed E-state index contributed by atoms with van der Waals surface area (Å²) in [4.78, 5) is 0. The molecule has 2 rings (SSSR count). The van der Waals surface area contributed by atoms with Gasteiger partial charge in [-0.3, -0.25) is 4.68 Å². The monoisotopic (exact) mass is 384 g/mol. The summed E-state index contributed by atoms with van der Waals surface area (Å²) in [6.07, 6.45) is -1.69. The van der Waals surface area contributed by atoms with Crippen LogP contribution < -0.4 is 10.6 Å². The summed E-state index contributed by atoms with van der Waals surface area (Å²) >= 11 is 10.9. The van der Waals surface area contributed by atoms with Gasteiger partial charge in [-0.1, -0.05) is 11.6 Å². The first kappa shape index (κ1) is 19.3. The van der Waals surface area contributed by atoms with Gasteiger partial charge >= 0.3 is 6.18 Å². The summed E-state index contributed by atoms with van der Waals surface area (Å²) < 4.78 is 45.0. The normalized spacial score (nSPS) is 18.0. The second-order valence-electron chi connectivity index (χ2n) is 5.59. The van der Waals surface area contributed by atoms with Crippen LogP contribution in [0, 0.1) is 6.92 Å². The van der Waals surface area contributed by atoms with Gasteiger partial charge in [-0.25, -0.2) is 0 Å². The highest BCUT2D eigenvalue weighted by Gasteiger charge is 2.38. The highest BCUT2D eigenvalue weighted by atomic mass is 35.5. The standard InChI is InChI=1S/C14H20ClF3N4OS/c1-9-11(15)12(14(16,17)18)21-22(9)6-3-5-19-13(24)20-8-10-4-2-7-23-10/h10H,2-8H2,1H3,(H2,19,20,24)/t10-/m0/s1. The molecule has 0 amide bonds. The topological polar surface area (TPSA) is 51.1 Å². The van der Waals surface area contributed by atoms with Crippen molar-refractivity contribution in [3.8, 4) is 0 Å². The van der Waals surface area contributed by atoms with Gasteiger partial charge in [-0.2, -0.15) is 18.3 Å². The van der Waals surface area contributed by atoms with Crippen molar-refractivity contribution in [2.24, 2.45) is 0 Å². The van der Waals surface area contributed by atoms with Crippen LogP contribution in [-0.4, -0.2) is 40.7 Å². The Labute approximate surface area is 148 Å². The Morgan fingerprint density at radius 3 is 2.79 bits per heavy atom. The van der Waals surface area contributed by atoms with E-state index in [9.17, 15) is 13.2 Å². The molecular weight excluding hydrogens is 365 g/mol. The summed E-state index contributed by atoms with van der Waals surface area (Å²) in [5, 5.41) is 9.81. The summed E-state index contributed by atoms with van der Waals surface area (Å²) in [7, 11) is 0. The molecule has 24 heavy (non-hydrogen) atoms. The lowest BCUT2D eigenvalue weighted by Crippen LogP contribution is -2.39. The predicted molar refractivity (Wildman–Crippen MR) is 89.2 cm³/mol. The van der Waals surface area contributed by atoms with Crippen molar-refractivity contribution < 1.29 is 17.9 Å². The molecule has 136 valence electrons. The fraction of sp³-hybridized carbons (Fsp3) is 0.714. The van der Waals surface area contributed by atoms with Crippen molar-refractivity contribution in [3.63, 3.8) is 0 Å². The molecule has 5 nitrogen and oxygen atoms in total. The second-order valence-corrected chi connectivity index (χ2v) is 6.38. The van der Waals surface area contributed by atoms with Gasteiger partial charge in [0.2, 0.25) is 0 Å². The van der Waals surface area contributed by atoms with Crippen molar-refractivity contribution >= 4 is 28.9 Å². The Morgan fingerprint density at radius 2 is 2.21 bits per heavy atom. The van der Waals surface area contributed by atoms with Gasteiger partial charge in [0, 0.05) is 26.2 Å². The maximum absolute atomic E-state index is 12.7. The van der Waals surface area contributed by atoms with Crippen LogP contribution in [0.1, 0.15) is 30.7 Å². The molecular formula is C14H20ClF3N4OS. The van der Waals surface area contributed by atoms with E-state index in [-0.39, 0.29) is 11.1 Å². The molecule has 0 spiro atoms.